The molecule has 0 spiro atoms. The number of aliphatic hydroxyl groups excluding tert-OH is 1. The lowest BCUT2D eigenvalue weighted by Crippen LogP contribution is -2.54. The molecule has 0 bridgehead atoms. The summed E-state index contributed by atoms with van der Waals surface area (Å²) in [6, 6.07) is -0.567. The van der Waals surface area contributed by atoms with E-state index in [1.807, 2.05) is 20.8 Å². The molecule has 2 atom stereocenters. The third kappa shape index (κ3) is 3.09. The topological polar surface area (TPSA) is 131 Å². The molecule has 1 aromatic rings. The second kappa shape index (κ2) is 5.86. The lowest BCUT2D eigenvalue weighted by molar-refractivity contribution is -0.385. The fraction of sp³-hybridized carbons (Fsp3) is 0.643. The average molecular weight is 339 g/mol. The SMILES string of the molecule is CC(C)(C)C1(C)NC(=O)N(CC(O)Cn2cc([N+](=O)[O-])cn2)C1=O. The summed E-state index contributed by atoms with van der Waals surface area (Å²) in [5.41, 5.74) is -1.76. The monoisotopic (exact) mass is 339 g/mol. The Hall–Kier alpha value is -2.49. The van der Waals surface area contributed by atoms with Crippen LogP contribution in [0.5, 0.6) is 0 Å². The van der Waals surface area contributed by atoms with E-state index in [9.17, 15) is 24.8 Å². The first kappa shape index (κ1) is 17.9. The van der Waals surface area contributed by atoms with Gasteiger partial charge in [0.05, 0.1) is 24.1 Å². The molecule has 2 heterocycles. The van der Waals surface area contributed by atoms with Crippen molar-refractivity contribution in [3.8, 4) is 0 Å². The van der Waals surface area contributed by atoms with E-state index in [1.54, 1.807) is 6.92 Å². The number of amides is 3. The van der Waals surface area contributed by atoms with Gasteiger partial charge in [0, 0.05) is 0 Å². The minimum absolute atomic E-state index is 0.0723. The molecule has 10 nitrogen and oxygen atoms in total. The highest BCUT2D eigenvalue weighted by molar-refractivity contribution is 6.07. The number of aromatic nitrogens is 2. The average Bonchev–Trinajstić information content (AvgIpc) is 2.98. The van der Waals surface area contributed by atoms with Crippen LogP contribution in [0, 0.1) is 15.5 Å². The molecule has 2 unspecified atom stereocenters. The highest BCUT2D eigenvalue weighted by Crippen LogP contribution is 2.35. The predicted octanol–water partition coefficient (Wildman–Crippen LogP) is 0.509. The van der Waals surface area contributed by atoms with Crippen LogP contribution in [-0.4, -0.2) is 54.8 Å². The summed E-state index contributed by atoms with van der Waals surface area (Å²) in [6.07, 6.45) is 1.15. The van der Waals surface area contributed by atoms with Crippen LogP contribution in [-0.2, 0) is 11.3 Å². The molecular weight excluding hydrogens is 318 g/mol. The number of carbonyl (C=O) groups excluding carboxylic acids is 2. The van der Waals surface area contributed by atoms with Gasteiger partial charge in [0.1, 0.15) is 17.9 Å². The second-order valence-electron chi connectivity index (χ2n) is 7.05. The predicted molar refractivity (Wildman–Crippen MR) is 83.0 cm³/mol. The van der Waals surface area contributed by atoms with E-state index in [4.69, 9.17) is 0 Å². The van der Waals surface area contributed by atoms with Crippen LogP contribution in [0.2, 0.25) is 0 Å². The van der Waals surface area contributed by atoms with Crippen molar-refractivity contribution < 1.29 is 19.6 Å². The van der Waals surface area contributed by atoms with Gasteiger partial charge in [0.15, 0.2) is 0 Å². The first-order chi connectivity index (χ1) is 11.0. The number of urea groups is 1. The Morgan fingerprint density at radius 2 is 2.04 bits per heavy atom. The lowest BCUT2D eigenvalue weighted by atomic mass is 9.75. The second-order valence-corrected chi connectivity index (χ2v) is 7.05. The fourth-order valence-electron chi connectivity index (χ4n) is 2.40. The van der Waals surface area contributed by atoms with E-state index in [0.717, 1.165) is 11.1 Å². The summed E-state index contributed by atoms with van der Waals surface area (Å²) in [6.45, 7) is 6.88. The number of imide groups is 1. The largest absolute Gasteiger partial charge is 0.389 e. The van der Waals surface area contributed by atoms with Gasteiger partial charge in [-0.15, -0.1) is 0 Å². The van der Waals surface area contributed by atoms with Gasteiger partial charge in [-0.25, -0.2) is 4.79 Å². The molecule has 3 amide bonds. The molecule has 0 radical (unpaired) electrons. The zero-order chi connectivity index (χ0) is 18.3. The van der Waals surface area contributed by atoms with Gasteiger partial charge in [0.25, 0.3) is 5.91 Å². The van der Waals surface area contributed by atoms with Gasteiger partial charge in [-0.1, -0.05) is 20.8 Å². The number of nitrogens with zero attached hydrogens (tertiary/aromatic N) is 4. The smallest absolute Gasteiger partial charge is 0.325 e. The zero-order valence-corrected chi connectivity index (χ0v) is 14.0. The first-order valence-electron chi connectivity index (χ1n) is 7.45. The van der Waals surface area contributed by atoms with Crippen LogP contribution in [0.3, 0.4) is 0 Å². The molecule has 132 valence electrons. The Labute approximate surface area is 138 Å². The Morgan fingerprint density at radius 3 is 2.50 bits per heavy atom. The third-order valence-electron chi connectivity index (χ3n) is 4.40. The third-order valence-corrected chi connectivity index (χ3v) is 4.40. The van der Waals surface area contributed by atoms with Gasteiger partial charge in [-0.3, -0.25) is 24.5 Å². The molecule has 0 aliphatic carbocycles. The standard InChI is InChI=1S/C14H21N5O5/c1-13(2,3)14(4)11(21)18(12(22)16-14)8-10(20)7-17-6-9(5-15-17)19(23)24/h5-6,10,20H,7-8H2,1-4H3,(H,16,22). The van der Waals surface area contributed by atoms with Gasteiger partial charge in [-0.2, -0.15) is 5.10 Å². The van der Waals surface area contributed by atoms with Gasteiger partial charge in [0.2, 0.25) is 0 Å². The minimum atomic E-state index is -1.10. The highest BCUT2D eigenvalue weighted by Gasteiger charge is 2.54. The summed E-state index contributed by atoms with van der Waals surface area (Å²) in [5.74, 6) is -0.412. The lowest BCUT2D eigenvalue weighted by Gasteiger charge is -2.35. The highest BCUT2D eigenvalue weighted by atomic mass is 16.6. The number of aliphatic hydroxyl groups is 1. The molecule has 0 saturated carbocycles. The van der Waals surface area contributed by atoms with Crippen LogP contribution >= 0.6 is 0 Å². The molecular formula is C14H21N5O5. The van der Waals surface area contributed by atoms with Gasteiger partial charge in [-0.05, 0) is 12.3 Å². The summed E-state index contributed by atoms with van der Waals surface area (Å²) < 4.78 is 1.20. The molecule has 24 heavy (non-hydrogen) atoms. The van der Waals surface area contributed by atoms with Gasteiger partial charge < -0.3 is 10.4 Å². The van der Waals surface area contributed by atoms with Crippen molar-refractivity contribution in [2.45, 2.75) is 45.9 Å². The molecule has 1 aliphatic rings. The van der Waals surface area contributed by atoms with Crippen LogP contribution in [0.25, 0.3) is 0 Å². The molecule has 10 heteroatoms. The molecule has 0 aromatic carbocycles. The van der Waals surface area contributed by atoms with Crippen LogP contribution in [0.4, 0.5) is 10.5 Å². The van der Waals surface area contributed by atoms with Crippen LogP contribution < -0.4 is 5.32 Å². The number of hydrogen-bond acceptors (Lipinski definition) is 6. The Balaban J connectivity index is 2.06. The molecule has 1 aliphatic heterocycles. The van der Waals surface area contributed by atoms with E-state index in [1.165, 1.54) is 10.9 Å². The van der Waals surface area contributed by atoms with Crippen LogP contribution in [0.15, 0.2) is 12.4 Å². The number of rotatable bonds is 5. The summed E-state index contributed by atoms with van der Waals surface area (Å²) in [5, 5.41) is 27.2. The number of nitrogens with one attached hydrogen (secondary N) is 1. The molecule has 1 fully saturated rings. The molecule has 2 rings (SSSR count). The minimum Gasteiger partial charge on any atom is -0.389 e. The number of nitro groups is 1. The van der Waals surface area contributed by atoms with Crippen LogP contribution in [0.1, 0.15) is 27.7 Å². The molecule has 1 aromatic heterocycles. The maximum absolute atomic E-state index is 12.6. The Bertz CT molecular complexity index is 679. The normalized spacial score (nSPS) is 22.6. The first-order valence-corrected chi connectivity index (χ1v) is 7.45. The zero-order valence-electron chi connectivity index (χ0n) is 14.0. The summed E-state index contributed by atoms with van der Waals surface area (Å²) in [4.78, 5) is 35.7. The maximum atomic E-state index is 12.6. The Kier molecular flexibility index (Phi) is 4.36. The van der Waals surface area contributed by atoms with Crippen molar-refractivity contribution in [3.05, 3.63) is 22.5 Å². The van der Waals surface area contributed by atoms with Crippen molar-refractivity contribution >= 4 is 17.6 Å². The van der Waals surface area contributed by atoms with Crippen molar-refractivity contribution in [1.29, 1.82) is 0 Å². The fourth-order valence-corrected chi connectivity index (χ4v) is 2.40. The summed E-state index contributed by atoms with van der Waals surface area (Å²) in [7, 11) is 0. The number of hydrogen-bond donors (Lipinski definition) is 2. The maximum Gasteiger partial charge on any atom is 0.325 e. The van der Waals surface area contributed by atoms with E-state index in [2.05, 4.69) is 10.4 Å². The number of β-amino-alcohol motifs (C(OH)–C–C–N with tert-alkyl or cyclic N) is 1. The summed E-state index contributed by atoms with van der Waals surface area (Å²) >= 11 is 0. The quantitative estimate of drug-likeness (QED) is 0.456. The van der Waals surface area contributed by atoms with Crippen molar-refractivity contribution in [2.75, 3.05) is 6.54 Å². The molecule has 2 N–H and O–H groups in total. The number of carbonyl (C=O) groups is 2. The Morgan fingerprint density at radius 1 is 1.42 bits per heavy atom. The molecule has 1 saturated heterocycles. The van der Waals surface area contributed by atoms with Crippen molar-refractivity contribution in [2.24, 2.45) is 5.41 Å². The van der Waals surface area contributed by atoms with E-state index < -0.39 is 33.9 Å². The van der Waals surface area contributed by atoms with E-state index in [0.29, 0.717) is 0 Å². The van der Waals surface area contributed by atoms with E-state index >= 15 is 0 Å². The van der Waals surface area contributed by atoms with Crippen molar-refractivity contribution in [1.82, 2.24) is 20.0 Å². The van der Waals surface area contributed by atoms with E-state index in [-0.39, 0.29) is 18.8 Å². The van der Waals surface area contributed by atoms with Gasteiger partial charge >= 0.3 is 11.7 Å². The van der Waals surface area contributed by atoms with Crippen molar-refractivity contribution in [3.63, 3.8) is 0 Å².